The lowest BCUT2D eigenvalue weighted by Gasteiger charge is -2.14. The van der Waals surface area contributed by atoms with Crippen molar-refractivity contribution in [2.45, 2.75) is 0 Å². The van der Waals surface area contributed by atoms with Gasteiger partial charge >= 0.3 is 0 Å². The van der Waals surface area contributed by atoms with Crippen molar-refractivity contribution in [2.24, 2.45) is 0 Å². The molecule has 0 saturated carbocycles. The number of imide groups is 1. The average molecular weight is 417 g/mol. The lowest BCUT2D eigenvalue weighted by molar-refractivity contribution is -0.122. The molecule has 0 aromatic heterocycles. The summed E-state index contributed by atoms with van der Waals surface area (Å²) < 4.78 is 5.16. The number of nitrogens with zero attached hydrogens (tertiary/aromatic N) is 1. The molecule has 1 fully saturated rings. The molecular weight excluding hydrogens is 400 g/mol. The second-order valence-corrected chi connectivity index (χ2v) is 7.27. The molecule has 0 aliphatic carbocycles. The van der Waals surface area contributed by atoms with Gasteiger partial charge in [-0.05, 0) is 41.6 Å². The molecule has 144 valence electrons. The summed E-state index contributed by atoms with van der Waals surface area (Å²) in [6, 6.07) is 14.0. The standard InChI is InChI=1S/C20H17ClN2O4S/c1-27-16-8-7-14(21)12-15(16)18(24)22-9-10-23-19(25)17(28-20(23)26)11-13-5-3-2-4-6-13/h2-8,11-12H,9-10H2,1H3,(H,22,24). The number of halogens is 1. The Balaban J connectivity index is 1.61. The average Bonchev–Trinajstić information content (AvgIpc) is 2.96. The predicted octanol–water partition coefficient (Wildman–Crippen LogP) is 3.81. The smallest absolute Gasteiger partial charge is 0.293 e. The molecule has 0 radical (unpaired) electrons. The molecule has 1 aliphatic rings. The first-order valence-corrected chi connectivity index (χ1v) is 9.61. The van der Waals surface area contributed by atoms with Crippen LogP contribution in [0.2, 0.25) is 5.02 Å². The van der Waals surface area contributed by atoms with Crippen LogP contribution in [-0.4, -0.2) is 42.2 Å². The normalized spacial score (nSPS) is 15.2. The number of amides is 3. The predicted molar refractivity (Wildman–Crippen MR) is 109 cm³/mol. The van der Waals surface area contributed by atoms with Gasteiger partial charge in [-0.2, -0.15) is 0 Å². The van der Waals surface area contributed by atoms with Gasteiger partial charge in [0, 0.05) is 18.1 Å². The highest BCUT2D eigenvalue weighted by Crippen LogP contribution is 2.31. The molecule has 8 heteroatoms. The van der Waals surface area contributed by atoms with E-state index in [1.807, 2.05) is 30.3 Å². The van der Waals surface area contributed by atoms with Crippen LogP contribution in [0, 0.1) is 0 Å². The number of carbonyl (C=O) groups excluding carboxylic acids is 3. The monoisotopic (exact) mass is 416 g/mol. The van der Waals surface area contributed by atoms with Crippen molar-refractivity contribution in [1.82, 2.24) is 10.2 Å². The Kier molecular flexibility index (Phi) is 6.38. The van der Waals surface area contributed by atoms with Crippen molar-refractivity contribution in [3.63, 3.8) is 0 Å². The summed E-state index contributed by atoms with van der Waals surface area (Å²) in [7, 11) is 1.46. The first kappa shape index (κ1) is 20.0. The highest BCUT2D eigenvalue weighted by Gasteiger charge is 2.34. The molecule has 28 heavy (non-hydrogen) atoms. The molecule has 1 saturated heterocycles. The van der Waals surface area contributed by atoms with E-state index in [4.69, 9.17) is 16.3 Å². The molecule has 2 aromatic rings. The van der Waals surface area contributed by atoms with Crippen LogP contribution < -0.4 is 10.1 Å². The Hall–Kier alpha value is -2.77. The van der Waals surface area contributed by atoms with Gasteiger partial charge in [-0.25, -0.2) is 0 Å². The van der Waals surface area contributed by atoms with E-state index in [-0.39, 0.29) is 29.8 Å². The number of rotatable bonds is 6. The van der Waals surface area contributed by atoms with Gasteiger partial charge in [0.25, 0.3) is 17.1 Å². The number of hydrogen-bond acceptors (Lipinski definition) is 5. The number of ether oxygens (including phenoxy) is 1. The lowest BCUT2D eigenvalue weighted by atomic mass is 10.2. The van der Waals surface area contributed by atoms with E-state index in [9.17, 15) is 14.4 Å². The van der Waals surface area contributed by atoms with Crippen molar-refractivity contribution in [2.75, 3.05) is 20.2 Å². The van der Waals surface area contributed by atoms with Gasteiger partial charge in [-0.1, -0.05) is 41.9 Å². The third-order valence-corrected chi connectivity index (χ3v) is 5.14. The maximum Gasteiger partial charge on any atom is 0.293 e. The van der Waals surface area contributed by atoms with E-state index in [1.165, 1.54) is 13.2 Å². The molecule has 1 aliphatic heterocycles. The molecule has 0 unspecified atom stereocenters. The third kappa shape index (κ3) is 4.55. The summed E-state index contributed by atoms with van der Waals surface area (Å²) >= 11 is 6.82. The molecule has 6 nitrogen and oxygen atoms in total. The molecule has 1 N–H and O–H groups in total. The second kappa shape index (κ2) is 8.95. The highest BCUT2D eigenvalue weighted by molar-refractivity contribution is 8.18. The van der Waals surface area contributed by atoms with Crippen LogP contribution in [0.4, 0.5) is 4.79 Å². The second-order valence-electron chi connectivity index (χ2n) is 5.84. The lowest BCUT2D eigenvalue weighted by Crippen LogP contribution is -2.37. The fourth-order valence-corrected chi connectivity index (χ4v) is 3.66. The zero-order valence-electron chi connectivity index (χ0n) is 15.0. The Morgan fingerprint density at radius 2 is 1.96 bits per heavy atom. The third-order valence-electron chi connectivity index (χ3n) is 4.00. The first-order valence-electron chi connectivity index (χ1n) is 8.42. The fraction of sp³-hybridized carbons (Fsp3) is 0.150. The van der Waals surface area contributed by atoms with E-state index < -0.39 is 5.91 Å². The minimum absolute atomic E-state index is 0.0748. The molecular formula is C20H17ClN2O4S. The highest BCUT2D eigenvalue weighted by atomic mass is 35.5. The van der Waals surface area contributed by atoms with Crippen molar-refractivity contribution < 1.29 is 19.1 Å². The Bertz CT molecular complexity index is 946. The quantitative estimate of drug-likeness (QED) is 0.724. The van der Waals surface area contributed by atoms with Crippen LogP contribution in [0.3, 0.4) is 0 Å². The number of methoxy groups -OCH3 is 1. The van der Waals surface area contributed by atoms with Crippen LogP contribution in [0.5, 0.6) is 5.75 Å². The Morgan fingerprint density at radius 1 is 1.21 bits per heavy atom. The summed E-state index contributed by atoms with van der Waals surface area (Å²) in [6.07, 6.45) is 1.68. The minimum atomic E-state index is -0.397. The van der Waals surface area contributed by atoms with Gasteiger partial charge in [-0.15, -0.1) is 0 Å². The zero-order chi connectivity index (χ0) is 20.1. The molecule has 3 amide bonds. The number of hydrogen-bond donors (Lipinski definition) is 1. The van der Waals surface area contributed by atoms with Crippen LogP contribution in [0.1, 0.15) is 15.9 Å². The van der Waals surface area contributed by atoms with E-state index >= 15 is 0 Å². The summed E-state index contributed by atoms with van der Waals surface area (Å²) in [5.74, 6) is -0.376. The largest absolute Gasteiger partial charge is 0.496 e. The van der Waals surface area contributed by atoms with Gasteiger partial charge in [0.1, 0.15) is 5.75 Å². The molecule has 2 aromatic carbocycles. The zero-order valence-corrected chi connectivity index (χ0v) is 16.5. The van der Waals surface area contributed by atoms with E-state index in [1.54, 1.807) is 18.2 Å². The van der Waals surface area contributed by atoms with E-state index in [0.29, 0.717) is 15.7 Å². The molecule has 0 spiro atoms. The summed E-state index contributed by atoms with van der Waals surface area (Å²) in [6.45, 7) is 0.191. The first-order chi connectivity index (χ1) is 13.5. The maximum absolute atomic E-state index is 12.5. The van der Waals surface area contributed by atoms with Crippen LogP contribution in [-0.2, 0) is 4.79 Å². The minimum Gasteiger partial charge on any atom is -0.496 e. The van der Waals surface area contributed by atoms with Gasteiger partial charge in [0.15, 0.2) is 0 Å². The van der Waals surface area contributed by atoms with Crippen molar-refractivity contribution >= 4 is 46.5 Å². The number of nitrogens with one attached hydrogen (secondary N) is 1. The van der Waals surface area contributed by atoms with Gasteiger partial charge in [0.2, 0.25) is 0 Å². The van der Waals surface area contributed by atoms with Crippen molar-refractivity contribution in [3.05, 3.63) is 69.6 Å². The number of benzene rings is 2. The van der Waals surface area contributed by atoms with Gasteiger partial charge in [-0.3, -0.25) is 19.3 Å². The SMILES string of the molecule is COc1ccc(Cl)cc1C(=O)NCCN1C(=O)SC(=Cc2ccccc2)C1=O. The number of thioether (sulfide) groups is 1. The van der Waals surface area contributed by atoms with Crippen LogP contribution in [0.25, 0.3) is 6.08 Å². The van der Waals surface area contributed by atoms with Crippen molar-refractivity contribution in [3.8, 4) is 5.75 Å². The van der Waals surface area contributed by atoms with Crippen LogP contribution >= 0.6 is 23.4 Å². The fourth-order valence-electron chi connectivity index (χ4n) is 2.63. The summed E-state index contributed by atoms with van der Waals surface area (Å²) in [5.41, 5.74) is 1.13. The Labute approximate surface area is 171 Å². The topological polar surface area (TPSA) is 75.7 Å². The Morgan fingerprint density at radius 3 is 2.68 bits per heavy atom. The summed E-state index contributed by atoms with van der Waals surface area (Å²) in [4.78, 5) is 38.5. The molecule has 3 rings (SSSR count). The van der Waals surface area contributed by atoms with E-state index in [0.717, 1.165) is 22.2 Å². The van der Waals surface area contributed by atoms with Gasteiger partial charge in [0.05, 0.1) is 17.6 Å². The van der Waals surface area contributed by atoms with Crippen molar-refractivity contribution in [1.29, 1.82) is 0 Å². The molecule has 1 heterocycles. The number of carbonyl (C=O) groups is 3. The van der Waals surface area contributed by atoms with Crippen LogP contribution in [0.15, 0.2) is 53.4 Å². The van der Waals surface area contributed by atoms with Gasteiger partial charge < -0.3 is 10.1 Å². The molecule has 0 atom stereocenters. The summed E-state index contributed by atoms with van der Waals surface area (Å²) in [5, 5.41) is 2.73. The van der Waals surface area contributed by atoms with E-state index in [2.05, 4.69) is 5.32 Å². The maximum atomic E-state index is 12.5. The molecule has 0 bridgehead atoms.